The molecule has 124 valence electrons. The number of halogens is 4. The molecule has 0 amide bonds. The normalized spacial score (nSPS) is 13.2. The predicted molar refractivity (Wildman–Crippen MR) is 119 cm³/mol. The van der Waals surface area contributed by atoms with Crippen molar-refractivity contribution >= 4 is 75.9 Å². The standard InChI is InChI=1S/C20H16Br4/c21-19(22)11-17-9-13-1-5-15(17)8-4-14-2-6-16(7-3-13)18(10-14)12-20(23)24/h1-2,5-6,9-12H,3-4,7-8H2. The molecule has 4 bridgehead atoms. The highest BCUT2D eigenvalue weighted by atomic mass is 79.9. The zero-order valence-electron chi connectivity index (χ0n) is 13.0. The first-order chi connectivity index (χ1) is 11.5. The summed E-state index contributed by atoms with van der Waals surface area (Å²) in [4.78, 5) is 0. The van der Waals surface area contributed by atoms with Gasteiger partial charge in [-0.15, -0.1) is 0 Å². The maximum Gasteiger partial charge on any atom is 0.0610 e. The molecule has 6 rings (SSSR count). The second-order valence-electron chi connectivity index (χ2n) is 5.93. The average molecular weight is 576 g/mol. The van der Waals surface area contributed by atoms with Crippen molar-refractivity contribution in [3.8, 4) is 0 Å². The van der Waals surface area contributed by atoms with E-state index in [2.05, 4.69) is 112 Å². The maximum atomic E-state index is 3.50. The Kier molecular flexibility index (Phi) is 6.58. The van der Waals surface area contributed by atoms with Gasteiger partial charge in [0, 0.05) is 0 Å². The second kappa shape index (κ2) is 8.48. The number of hydrogen-bond donors (Lipinski definition) is 0. The lowest BCUT2D eigenvalue weighted by molar-refractivity contribution is 0.917. The van der Waals surface area contributed by atoms with E-state index in [1.54, 1.807) is 0 Å². The first kappa shape index (κ1) is 18.6. The van der Waals surface area contributed by atoms with Gasteiger partial charge in [0.2, 0.25) is 0 Å². The van der Waals surface area contributed by atoms with E-state index < -0.39 is 0 Å². The molecule has 0 fully saturated rings. The van der Waals surface area contributed by atoms with Gasteiger partial charge in [-0.25, -0.2) is 0 Å². The molecule has 24 heavy (non-hydrogen) atoms. The van der Waals surface area contributed by atoms with Gasteiger partial charge in [-0.05, 0) is 135 Å². The largest absolute Gasteiger partial charge is 0.0610 e. The number of rotatable bonds is 2. The molecule has 4 aliphatic rings. The van der Waals surface area contributed by atoms with Crippen LogP contribution in [0.5, 0.6) is 0 Å². The fourth-order valence-electron chi connectivity index (χ4n) is 3.12. The van der Waals surface area contributed by atoms with Crippen molar-refractivity contribution in [2.75, 3.05) is 0 Å². The van der Waals surface area contributed by atoms with Gasteiger partial charge in [0.25, 0.3) is 0 Å². The van der Waals surface area contributed by atoms with Gasteiger partial charge in [-0.3, -0.25) is 0 Å². The Balaban J connectivity index is 2.03. The van der Waals surface area contributed by atoms with E-state index in [4.69, 9.17) is 0 Å². The van der Waals surface area contributed by atoms with Gasteiger partial charge >= 0.3 is 0 Å². The molecule has 0 radical (unpaired) electrons. The molecule has 0 N–H and O–H groups in total. The fourth-order valence-corrected chi connectivity index (χ4v) is 4.10. The van der Waals surface area contributed by atoms with Crippen LogP contribution >= 0.6 is 63.7 Å². The third-order valence-corrected chi connectivity index (χ3v) is 5.23. The summed E-state index contributed by atoms with van der Waals surface area (Å²) in [6.45, 7) is 0. The van der Waals surface area contributed by atoms with Gasteiger partial charge in [-0.1, -0.05) is 36.4 Å². The van der Waals surface area contributed by atoms with Crippen LogP contribution in [0.15, 0.2) is 43.2 Å². The Morgan fingerprint density at radius 3 is 1.42 bits per heavy atom. The van der Waals surface area contributed by atoms with E-state index in [1.165, 1.54) is 33.4 Å². The Bertz CT molecular complexity index is 741. The van der Waals surface area contributed by atoms with Crippen molar-refractivity contribution in [3.05, 3.63) is 76.6 Å². The number of hydrogen-bond acceptors (Lipinski definition) is 0. The van der Waals surface area contributed by atoms with Crippen LogP contribution in [0.25, 0.3) is 12.2 Å². The summed E-state index contributed by atoms with van der Waals surface area (Å²) >= 11 is 14.0. The lowest BCUT2D eigenvalue weighted by atomic mass is 9.91. The molecule has 0 saturated carbocycles. The Morgan fingerprint density at radius 1 is 0.625 bits per heavy atom. The third-order valence-electron chi connectivity index (χ3n) is 4.32. The summed E-state index contributed by atoms with van der Waals surface area (Å²) < 4.78 is 1.97. The Labute approximate surface area is 176 Å². The minimum atomic E-state index is 0.985. The van der Waals surface area contributed by atoms with Crippen LogP contribution in [-0.4, -0.2) is 0 Å². The molecule has 4 heteroatoms. The van der Waals surface area contributed by atoms with Crippen molar-refractivity contribution in [1.29, 1.82) is 0 Å². The van der Waals surface area contributed by atoms with Crippen molar-refractivity contribution < 1.29 is 0 Å². The van der Waals surface area contributed by atoms with Gasteiger partial charge in [0.15, 0.2) is 0 Å². The topological polar surface area (TPSA) is 0 Å². The van der Waals surface area contributed by atoms with E-state index in [0.29, 0.717) is 0 Å². The zero-order valence-corrected chi connectivity index (χ0v) is 19.3. The van der Waals surface area contributed by atoms with Gasteiger partial charge < -0.3 is 0 Å². The molecule has 0 aromatic heterocycles. The molecule has 0 atom stereocenters. The summed E-state index contributed by atoms with van der Waals surface area (Å²) in [5.74, 6) is 0. The first-order valence-electron chi connectivity index (χ1n) is 7.80. The van der Waals surface area contributed by atoms with E-state index in [-0.39, 0.29) is 0 Å². The van der Waals surface area contributed by atoms with Crippen LogP contribution < -0.4 is 0 Å². The SMILES string of the molecule is BrC(Br)=Cc1cc2ccc1CCc1ccc(c(C=C(Br)Br)c1)CC2. The molecule has 0 nitrogen and oxygen atoms in total. The fraction of sp³-hybridized carbons (Fsp3) is 0.200. The highest BCUT2D eigenvalue weighted by Gasteiger charge is 2.09. The lowest BCUT2D eigenvalue weighted by Crippen LogP contribution is -2.02. The predicted octanol–water partition coefficient (Wildman–Crippen LogP) is 7.75. The van der Waals surface area contributed by atoms with Crippen molar-refractivity contribution in [3.63, 3.8) is 0 Å². The number of aryl methyl sites for hydroxylation is 4. The lowest BCUT2D eigenvalue weighted by Gasteiger charge is -2.15. The van der Waals surface area contributed by atoms with Crippen molar-refractivity contribution in [2.45, 2.75) is 25.7 Å². The van der Waals surface area contributed by atoms with Crippen LogP contribution in [0, 0.1) is 0 Å². The third kappa shape index (κ3) is 4.94. The van der Waals surface area contributed by atoms with E-state index in [0.717, 1.165) is 32.5 Å². The maximum absolute atomic E-state index is 3.50. The quantitative estimate of drug-likeness (QED) is 0.344. The van der Waals surface area contributed by atoms with Gasteiger partial charge in [0.05, 0.1) is 6.78 Å². The van der Waals surface area contributed by atoms with Gasteiger partial charge in [0.1, 0.15) is 0 Å². The summed E-state index contributed by atoms with van der Waals surface area (Å²) in [5.41, 5.74) is 8.13. The number of benzene rings is 2. The summed E-state index contributed by atoms with van der Waals surface area (Å²) in [5, 5.41) is 0. The molecule has 2 aromatic carbocycles. The van der Waals surface area contributed by atoms with E-state index >= 15 is 0 Å². The highest BCUT2D eigenvalue weighted by molar-refractivity contribution is 9.28. The molecule has 0 unspecified atom stereocenters. The molecular weight excluding hydrogens is 560 g/mol. The molecule has 2 aromatic rings. The second-order valence-corrected chi connectivity index (χ2v) is 11.5. The van der Waals surface area contributed by atoms with Crippen LogP contribution in [-0.2, 0) is 25.7 Å². The average Bonchev–Trinajstić information content (AvgIpc) is 2.50. The summed E-state index contributed by atoms with van der Waals surface area (Å²) in [6, 6.07) is 13.8. The van der Waals surface area contributed by atoms with Crippen LogP contribution in [0.3, 0.4) is 0 Å². The molecular formula is C20H16Br4. The minimum absolute atomic E-state index is 0.985. The van der Waals surface area contributed by atoms with Crippen LogP contribution in [0.1, 0.15) is 33.4 Å². The molecule has 0 aliphatic heterocycles. The van der Waals surface area contributed by atoms with Crippen molar-refractivity contribution in [2.24, 2.45) is 0 Å². The minimum Gasteiger partial charge on any atom is -0.0587 e. The first-order valence-corrected chi connectivity index (χ1v) is 11.0. The monoisotopic (exact) mass is 572 g/mol. The Hall–Kier alpha value is -0.160. The smallest absolute Gasteiger partial charge is 0.0587 e. The molecule has 0 saturated heterocycles. The van der Waals surface area contributed by atoms with Crippen LogP contribution in [0.2, 0.25) is 0 Å². The molecule has 0 spiro atoms. The Morgan fingerprint density at radius 2 is 1.04 bits per heavy atom. The zero-order chi connectivity index (χ0) is 17.1. The molecule has 4 aliphatic carbocycles. The van der Waals surface area contributed by atoms with E-state index in [1.807, 2.05) is 0 Å². The van der Waals surface area contributed by atoms with Crippen molar-refractivity contribution in [1.82, 2.24) is 0 Å². The van der Waals surface area contributed by atoms with E-state index in [9.17, 15) is 0 Å². The highest BCUT2D eigenvalue weighted by Crippen LogP contribution is 2.27. The molecule has 0 heterocycles. The summed E-state index contributed by atoms with van der Waals surface area (Å²) in [7, 11) is 0. The van der Waals surface area contributed by atoms with Gasteiger partial charge in [-0.2, -0.15) is 0 Å². The van der Waals surface area contributed by atoms with Crippen LogP contribution in [0.4, 0.5) is 0 Å². The summed E-state index contributed by atoms with van der Waals surface area (Å²) in [6.07, 6.45) is 8.47.